The molecule has 0 aliphatic carbocycles. The number of rotatable bonds is 7. The molecule has 0 nitrogen and oxygen atoms in total. The van der Waals surface area contributed by atoms with Gasteiger partial charge in [0.2, 0.25) is 0 Å². The molecule has 0 N–H and O–H groups in total. The first-order valence-electron chi connectivity index (χ1n) is 11.3. The van der Waals surface area contributed by atoms with E-state index in [1.165, 1.54) is 50.1 Å². The number of aryl methyl sites for hydroxylation is 2. The van der Waals surface area contributed by atoms with Crippen LogP contribution in [0.5, 0.6) is 0 Å². The number of benzene rings is 3. The summed E-state index contributed by atoms with van der Waals surface area (Å²) in [4.78, 5) is 0. The Kier molecular flexibility index (Phi) is 7.47. The van der Waals surface area contributed by atoms with Gasteiger partial charge in [-0.05, 0) is 83.7 Å². The Morgan fingerprint density at radius 1 is 0.839 bits per heavy atom. The van der Waals surface area contributed by atoms with Crippen LogP contribution in [0.15, 0.2) is 97.1 Å². The average molecular weight is 407 g/mol. The average Bonchev–Trinajstić information content (AvgIpc) is 2.80. The van der Waals surface area contributed by atoms with Gasteiger partial charge < -0.3 is 0 Å². The maximum absolute atomic E-state index is 4.12. The predicted molar refractivity (Wildman–Crippen MR) is 138 cm³/mol. The fourth-order valence-electron chi connectivity index (χ4n) is 4.00. The van der Waals surface area contributed by atoms with Crippen molar-refractivity contribution in [1.29, 1.82) is 0 Å². The van der Waals surface area contributed by atoms with Crippen molar-refractivity contribution in [2.45, 2.75) is 41.0 Å². The molecule has 158 valence electrons. The number of hydrogen-bond acceptors (Lipinski definition) is 0. The standard InChI is InChI=1S/C31H34/c1-7-10-30(29(9-3)23(5)8-2)31-21-28(16-13-24(31)6)27-19-17-26(18-20-27)25-14-11-22(4)12-15-25/h7,9-21,23H,3,8H2,1-2,4-6H3/b10-7-,30-29-. The Labute approximate surface area is 188 Å². The minimum absolute atomic E-state index is 0.473. The molecule has 0 aliphatic heterocycles. The zero-order valence-electron chi connectivity index (χ0n) is 19.6. The third-order valence-electron chi connectivity index (χ3n) is 6.14. The Morgan fingerprint density at radius 3 is 1.87 bits per heavy atom. The highest BCUT2D eigenvalue weighted by Crippen LogP contribution is 2.33. The summed E-state index contributed by atoms with van der Waals surface area (Å²) in [5, 5.41) is 0. The molecular weight excluding hydrogens is 372 g/mol. The summed E-state index contributed by atoms with van der Waals surface area (Å²) in [5.41, 5.74) is 11.4. The molecule has 1 atom stereocenters. The van der Waals surface area contributed by atoms with Crippen LogP contribution < -0.4 is 0 Å². The van der Waals surface area contributed by atoms with Gasteiger partial charge in [0, 0.05) is 0 Å². The lowest BCUT2D eigenvalue weighted by atomic mass is 9.86. The second kappa shape index (κ2) is 10.3. The molecule has 0 heteroatoms. The van der Waals surface area contributed by atoms with Crippen molar-refractivity contribution in [3.63, 3.8) is 0 Å². The van der Waals surface area contributed by atoms with Crippen LogP contribution in [0, 0.1) is 19.8 Å². The van der Waals surface area contributed by atoms with Crippen molar-refractivity contribution in [2.75, 3.05) is 0 Å². The molecule has 0 aromatic heterocycles. The first kappa shape index (κ1) is 22.6. The van der Waals surface area contributed by atoms with E-state index in [2.05, 4.69) is 120 Å². The summed E-state index contributed by atoms with van der Waals surface area (Å²) < 4.78 is 0. The molecule has 1 unspecified atom stereocenters. The van der Waals surface area contributed by atoms with Crippen molar-refractivity contribution in [3.05, 3.63) is 114 Å². The molecule has 0 fully saturated rings. The normalized spacial score (nSPS) is 13.2. The van der Waals surface area contributed by atoms with Crippen molar-refractivity contribution >= 4 is 5.57 Å². The smallest absolute Gasteiger partial charge is 0.0146 e. The Balaban J connectivity index is 2.05. The molecular formula is C31H34. The van der Waals surface area contributed by atoms with Crippen molar-refractivity contribution < 1.29 is 0 Å². The summed E-state index contributed by atoms with van der Waals surface area (Å²) in [6.45, 7) is 15.0. The van der Waals surface area contributed by atoms with E-state index < -0.39 is 0 Å². The maximum atomic E-state index is 4.12. The lowest BCUT2D eigenvalue weighted by Crippen LogP contribution is -2.00. The summed E-state index contributed by atoms with van der Waals surface area (Å²) in [6.07, 6.45) is 7.49. The van der Waals surface area contributed by atoms with Gasteiger partial charge in [-0.15, -0.1) is 0 Å². The predicted octanol–water partition coefficient (Wildman–Crippen LogP) is 9.20. The largest absolute Gasteiger partial charge is 0.0988 e. The molecule has 0 saturated carbocycles. The third-order valence-corrected chi connectivity index (χ3v) is 6.14. The molecule has 3 rings (SSSR count). The van der Waals surface area contributed by atoms with E-state index in [9.17, 15) is 0 Å². The topological polar surface area (TPSA) is 0 Å². The van der Waals surface area contributed by atoms with E-state index >= 15 is 0 Å². The van der Waals surface area contributed by atoms with Crippen molar-refractivity contribution in [2.24, 2.45) is 5.92 Å². The lowest BCUT2D eigenvalue weighted by molar-refractivity contribution is 0.673. The monoisotopic (exact) mass is 406 g/mol. The van der Waals surface area contributed by atoms with E-state index in [1.807, 2.05) is 6.08 Å². The summed E-state index contributed by atoms with van der Waals surface area (Å²) in [6, 6.07) is 24.4. The van der Waals surface area contributed by atoms with Crippen LogP contribution in [0.3, 0.4) is 0 Å². The number of allylic oxidation sites excluding steroid dienone is 5. The highest BCUT2D eigenvalue weighted by molar-refractivity contribution is 5.83. The van der Waals surface area contributed by atoms with Crippen LogP contribution in [0.4, 0.5) is 0 Å². The third kappa shape index (κ3) is 5.14. The van der Waals surface area contributed by atoms with E-state index in [1.54, 1.807) is 0 Å². The van der Waals surface area contributed by atoms with Gasteiger partial charge in [-0.25, -0.2) is 0 Å². The second-order valence-electron chi connectivity index (χ2n) is 8.36. The van der Waals surface area contributed by atoms with Crippen LogP contribution in [0.2, 0.25) is 0 Å². The van der Waals surface area contributed by atoms with Gasteiger partial charge in [0.05, 0.1) is 0 Å². The Bertz CT molecular complexity index is 1090. The quantitative estimate of drug-likeness (QED) is 0.343. The second-order valence-corrected chi connectivity index (χ2v) is 8.36. The van der Waals surface area contributed by atoms with Crippen LogP contribution in [0.1, 0.15) is 43.9 Å². The van der Waals surface area contributed by atoms with Gasteiger partial charge in [-0.3, -0.25) is 0 Å². The summed E-state index contributed by atoms with van der Waals surface area (Å²) in [7, 11) is 0. The van der Waals surface area contributed by atoms with E-state index in [0.29, 0.717) is 5.92 Å². The van der Waals surface area contributed by atoms with Gasteiger partial charge in [0.1, 0.15) is 0 Å². The molecule has 0 aliphatic rings. The van der Waals surface area contributed by atoms with Crippen LogP contribution in [-0.4, -0.2) is 0 Å². The molecule has 0 spiro atoms. The molecule has 3 aromatic carbocycles. The molecule has 0 amide bonds. The van der Waals surface area contributed by atoms with Crippen LogP contribution in [-0.2, 0) is 0 Å². The Hall–Kier alpha value is -3.12. The fourth-order valence-corrected chi connectivity index (χ4v) is 4.00. The first-order chi connectivity index (χ1) is 15.0. The zero-order valence-corrected chi connectivity index (χ0v) is 19.6. The SMILES string of the molecule is C=C/C(=C(\C=C/C)c1cc(-c2ccc(-c3ccc(C)cc3)cc2)ccc1C)C(C)CC. The van der Waals surface area contributed by atoms with Crippen LogP contribution in [0.25, 0.3) is 27.8 Å². The van der Waals surface area contributed by atoms with Gasteiger partial charge in [0.25, 0.3) is 0 Å². The van der Waals surface area contributed by atoms with Gasteiger partial charge in [0.15, 0.2) is 0 Å². The van der Waals surface area contributed by atoms with Crippen LogP contribution >= 0.6 is 0 Å². The maximum Gasteiger partial charge on any atom is -0.0146 e. The van der Waals surface area contributed by atoms with Gasteiger partial charge >= 0.3 is 0 Å². The zero-order chi connectivity index (χ0) is 22.4. The minimum atomic E-state index is 0.473. The van der Waals surface area contributed by atoms with Gasteiger partial charge in [-0.2, -0.15) is 0 Å². The van der Waals surface area contributed by atoms with Crippen molar-refractivity contribution in [1.82, 2.24) is 0 Å². The molecule has 31 heavy (non-hydrogen) atoms. The molecule has 3 aromatic rings. The number of hydrogen-bond donors (Lipinski definition) is 0. The van der Waals surface area contributed by atoms with E-state index in [-0.39, 0.29) is 0 Å². The van der Waals surface area contributed by atoms with E-state index in [4.69, 9.17) is 0 Å². The molecule has 0 bridgehead atoms. The van der Waals surface area contributed by atoms with Gasteiger partial charge in [-0.1, -0.05) is 105 Å². The summed E-state index contributed by atoms with van der Waals surface area (Å²) in [5.74, 6) is 0.473. The summed E-state index contributed by atoms with van der Waals surface area (Å²) >= 11 is 0. The van der Waals surface area contributed by atoms with Crippen molar-refractivity contribution in [3.8, 4) is 22.3 Å². The molecule has 0 heterocycles. The molecule has 0 radical (unpaired) electrons. The Morgan fingerprint density at radius 2 is 1.35 bits per heavy atom. The van der Waals surface area contributed by atoms with E-state index in [0.717, 1.165) is 6.42 Å². The lowest BCUT2D eigenvalue weighted by Gasteiger charge is -2.18. The highest BCUT2D eigenvalue weighted by Gasteiger charge is 2.13. The molecule has 0 saturated heterocycles. The minimum Gasteiger partial charge on any atom is -0.0988 e. The fraction of sp³-hybridized carbons (Fsp3) is 0.226. The highest BCUT2D eigenvalue weighted by atomic mass is 14.2. The first-order valence-corrected chi connectivity index (χ1v) is 11.3.